The Kier molecular flexibility index (Phi) is 5.90. The van der Waals surface area contributed by atoms with Crippen LogP contribution in [0.15, 0.2) is 36.4 Å². The van der Waals surface area contributed by atoms with Crippen LogP contribution < -0.4 is 14.8 Å². The summed E-state index contributed by atoms with van der Waals surface area (Å²) in [5.41, 5.74) is 1.56. The number of amides is 1. The van der Waals surface area contributed by atoms with Gasteiger partial charge >= 0.3 is 0 Å². The van der Waals surface area contributed by atoms with Crippen molar-refractivity contribution in [3.05, 3.63) is 52.8 Å². The van der Waals surface area contributed by atoms with E-state index in [1.807, 2.05) is 18.2 Å². The lowest BCUT2D eigenvalue weighted by Crippen LogP contribution is -2.21. The number of rotatable bonds is 5. The predicted molar refractivity (Wildman–Crippen MR) is 97.2 cm³/mol. The van der Waals surface area contributed by atoms with Crippen molar-refractivity contribution in [1.29, 1.82) is 0 Å². The number of hydrogen-bond acceptors (Lipinski definition) is 3. The summed E-state index contributed by atoms with van der Waals surface area (Å²) in [6.45, 7) is 5.99. The van der Waals surface area contributed by atoms with E-state index >= 15 is 0 Å². The van der Waals surface area contributed by atoms with Crippen LogP contribution >= 0.6 is 11.6 Å². The van der Waals surface area contributed by atoms with E-state index in [4.69, 9.17) is 21.1 Å². The molecule has 0 radical (unpaired) electrons. The van der Waals surface area contributed by atoms with E-state index in [1.165, 1.54) is 19.2 Å². The topological polar surface area (TPSA) is 47.6 Å². The molecule has 0 saturated heterocycles. The quantitative estimate of drug-likeness (QED) is 0.827. The summed E-state index contributed by atoms with van der Waals surface area (Å²) in [5, 5.41) is 2.88. The van der Waals surface area contributed by atoms with Crippen LogP contribution in [0.4, 0.5) is 10.1 Å². The maximum absolute atomic E-state index is 13.0. The lowest BCUT2D eigenvalue weighted by molar-refractivity contribution is -0.118. The van der Waals surface area contributed by atoms with Gasteiger partial charge in [0, 0.05) is 0 Å². The summed E-state index contributed by atoms with van der Waals surface area (Å²) in [5.74, 6) is -0.0370. The highest BCUT2D eigenvalue weighted by Crippen LogP contribution is 2.31. The molecule has 1 N–H and O–H groups in total. The van der Waals surface area contributed by atoms with Gasteiger partial charge in [-0.3, -0.25) is 4.79 Å². The van der Waals surface area contributed by atoms with Crippen LogP contribution in [0.1, 0.15) is 26.3 Å². The van der Waals surface area contributed by atoms with Crippen molar-refractivity contribution in [2.75, 3.05) is 19.0 Å². The molecule has 4 nitrogen and oxygen atoms in total. The van der Waals surface area contributed by atoms with E-state index in [0.29, 0.717) is 11.4 Å². The van der Waals surface area contributed by atoms with Crippen molar-refractivity contribution in [2.45, 2.75) is 26.2 Å². The Morgan fingerprint density at radius 2 is 1.84 bits per heavy atom. The maximum atomic E-state index is 13.0. The summed E-state index contributed by atoms with van der Waals surface area (Å²) < 4.78 is 23.7. The van der Waals surface area contributed by atoms with Gasteiger partial charge in [-0.05, 0) is 41.3 Å². The number of methoxy groups -OCH3 is 1. The fourth-order valence-electron chi connectivity index (χ4n) is 2.19. The molecule has 25 heavy (non-hydrogen) atoms. The first-order valence-corrected chi connectivity index (χ1v) is 8.14. The molecule has 1 amide bonds. The van der Waals surface area contributed by atoms with E-state index in [0.717, 1.165) is 11.6 Å². The molecule has 0 bridgehead atoms. The first-order chi connectivity index (χ1) is 11.7. The maximum Gasteiger partial charge on any atom is 0.262 e. The average molecular weight is 366 g/mol. The zero-order valence-corrected chi connectivity index (χ0v) is 15.4. The molecule has 0 aliphatic carbocycles. The normalized spacial score (nSPS) is 11.1. The summed E-state index contributed by atoms with van der Waals surface area (Å²) in [6, 6.07) is 9.38. The third-order valence-electron chi connectivity index (χ3n) is 3.59. The first-order valence-electron chi connectivity index (χ1n) is 7.77. The minimum Gasteiger partial charge on any atom is -0.495 e. The molecule has 0 aliphatic heterocycles. The Morgan fingerprint density at radius 3 is 2.44 bits per heavy atom. The molecule has 0 atom stereocenters. The summed E-state index contributed by atoms with van der Waals surface area (Å²) in [4.78, 5) is 12.2. The SMILES string of the molecule is COc1ccc(C(C)(C)C)cc1NC(=O)COc1ccc(F)cc1Cl. The second kappa shape index (κ2) is 7.74. The van der Waals surface area contributed by atoms with Gasteiger partial charge in [-0.25, -0.2) is 4.39 Å². The predicted octanol–water partition coefficient (Wildman–Crippen LogP) is 4.80. The van der Waals surface area contributed by atoms with E-state index in [1.54, 1.807) is 0 Å². The van der Waals surface area contributed by atoms with E-state index in [2.05, 4.69) is 26.1 Å². The Balaban J connectivity index is 2.09. The second-order valence-electron chi connectivity index (χ2n) is 6.58. The van der Waals surface area contributed by atoms with Crippen molar-refractivity contribution in [2.24, 2.45) is 0 Å². The summed E-state index contributed by atoms with van der Waals surface area (Å²) >= 11 is 5.88. The zero-order valence-electron chi connectivity index (χ0n) is 14.7. The zero-order chi connectivity index (χ0) is 18.6. The molecular formula is C19H21ClFNO3. The second-order valence-corrected chi connectivity index (χ2v) is 6.98. The number of halogens is 2. The highest BCUT2D eigenvalue weighted by atomic mass is 35.5. The molecule has 0 unspecified atom stereocenters. The summed E-state index contributed by atoms with van der Waals surface area (Å²) in [7, 11) is 1.54. The van der Waals surface area contributed by atoms with E-state index < -0.39 is 5.82 Å². The monoisotopic (exact) mass is 365 g/mol. The molecule has 0 saturated carbocycles. The molecule has 0 aliphatic rings. The molecule has 0 aromatic heterocycles. The van der Waals surface area contributed by atoms with Crippen LogP contribution in [-0.2, 0) is 10.2 Å². The smallest absolute Gasteiger partial charge is 0.262 e. The number of anilines is 1. The van der Waals surface area contributed by atoms with Crippen LogP contribution in [0, 0.1) is 5.82 Å². The molecular weight excluding hydrogens is 345 g/mol. The number of nitrogens with one attached hydrogen (secondary N) is 1. The number of carbonyl (C=O) groups excluding carboxylic acids is 1. The van der Waals surface area contributed by atoms with Crippen molar-refractivity contribution in [3.63, 3.8) is 0 Å². The fraction of sp³-hybridized carbons (Fsp3) is 0.316. The van der Waals surface area contributed by atoms with Crippen LogP contribution in [0.5, 0.6) is 11.5 Å². The fourth-order valence-corrected chi connectivity index (χ4v) is 2.42. The molecule has 134 valence electrons. The molecule has 0 fully saturated rings. The van der Waals surface area contributed by atoms with Crippen LogP contribution in [0.25, 0.3) is 0 Å². The first kappa shape index (κ1) is 19.1. The van der Waals surface area contributed by atoms with Gasteiger partial charge in [0.05, 0.1) is 17.8 Å². The van der Waals surface area contributed by atoms with Crippen LogP contribution in [0.3, 0.4) is 0 Å². The van der Waals surface area contributed by atoms with Gasteiger partial charge in [-0.1, -0.05) is 38.4 Å². The highest BCUT2D eigenvalue weighted by Gasteiger charge is 2.17. The number of carbonyl (C=O) groups is 1. The number of benzene rings is 2. The van der Waals surface area contributed by atoms with Gasteiger partial charge in [0.1, 0.15) is 17.3 Å². The van der Waals surface area contributed by atoms with Crippen LogP contribution in [-0.4, -0.2) is 19.6 Å². The van der Waals surface area contributed by atoms with Gasteiger partial charge in [-0.15, -0.1) is 0 Å². The molecule has 2 aromatic carbocycles. The van der Waals surface area contributed by atoms with E-state index in [-0.39, 0.29) is 28.7 Å². The van der Waals surface area contributed by atoms with Crippen molar-refractivity contribution < 1.29 is 18.7 Å². The highest BCUT2D eigenvalue weighted by molar-refractivity contribution is 6.32. The van der Waals surface area contributed by atoms with Gasteiger partial charge in [0.2, 0.25) is 0 Å². The van der Waals surface area contributed by atoms with Crippen LogP contribution in [0.2, 0.25) is 5.02 Å². The standard InChI is InChI=1S/C19H21ClFNO3/c1-19(2,3)12-5-7-17(24-4)15(9-12)22-18(23)11-25-16-8-6-13(21)10-14(16)20/h5-10H,11H2,1-4H3,(H,22,23). The Hall–Kier alpha value is -2.27. The van der Waals surface area contributed by atoms with Crippen molar-refractivity contribution >= 4 is 23.2 Å². The molecule has 2 aromatic rings. The summed E-state index contributed by atoms with van der Waals surface area (Å²) in [6.07, 6.45) is 0. The van der Waals surface area contributed by atoms with Gasteiger partial charge < -0.3 is 14.8 Å². The van der Waals surface area contributed by atoms with Crippen molar-refractivity contribution in [3.8, 4) is 11.5 Å². The van der Waals surface area contributed by atoms with Gasteiger partial charge in [0.15, 0.2) is 6.61 Å². The largest absolute Gasteiger partial charge is 0.495 e. The minimum absolute atomic E-state index is 0.0656. The molecule has 0 heterocycles. The Labute approximate surface area is 151 Å². The van der Waals surface area contributed by atoms with E-state index in [9.17, 15) is 9.18 Å². The van der Waals surface area contributed by atoms with Gasteiger partial charge in [-0.2, -0.15) is 0 Å². The number of ether oxygens (including phenoxy) is 2. The third-order valence-corrected chi connectivity index (χ3v) is 3.89. The lowest BCUT2D eigenvalue weighted by Gasteiger charge is -2.21. The van der Waals surface area contributed by atoms with Gasteiger partial charge in [0.25, 0.3) is 5.91 Å². The third kappa shape index (κ3) is 5.10. The Morgan fingerprint density at radius 1 is 1.16 bits per heavy atom. The number of hydrogen-bond donors (Lipinski definition) is 1. The lowest BCUT2D eigenvalue weighted by atomic mass is 9.87. The molecule has 2 rings (SSSR count). The minimum atomic E-state index is -0.467. The Bertz CT molecular complexity index is 772. The molecule has 6 heteroatoms. The molecule has 0 spiro atoms. The van der Waals surface area contributed by atoms with Crippen molar-refractivity contribution in [1.82, 2.24) is 0 Å². The average Bonchev–Trinajstić information content (AvgIpc) is 2.53.